The summed E-state index contributed by atoms with van der Waals surface area (Å²) in [6.45, 7) is 14.9. The Labute approximate surface area is 256 Å². The Hall–Kier alpha value is -0.292. The number of benzene rings is 2. The minimum atomic E-state index is -6.00. The molecule has 4 atom stereocenters. The van der Waals surface area contributed by atoms with Gasteiger partial charge in [-0.25, -0.2) is 0 Å². The van der Waals surface area contributed by atoms with E-state index < -0.39 is 7.25 Å². The van der Waals surface area contributed by atoms with Gasteiger partial charge in [-0.1, -0.05) is 106 Å². The maximum Gasteiger partial charge on any atom is 0.673 e. The molecule has 1 saturated carbocycles. The quantitative estimate of drug-likeness (QED) is 0.160. The van der Waals surface area contributed by atoms with Crippen molar-refractivity contribution in [2.75, 3.05) is 0 Å². The number of hydrogen-bond donors (Lipinski definition) is 0. The van der Waals surface area contributed by atoms with Crippen molar-refractivity contribution >= 4 is 23.1 Å². The topological polar surface area (TPSA) is 0 Å². The predicted molar refractivity (Wildman–Crippen MR) is 165 cm³/mol. The van der Waals surface area contributed by atoms with Gasteiger partial charge < -0.3 is 17.3 Å². The van der Waals surface area contributed by atoms with E-state index in [1.54, 1.807) is 22.3 Å². The Morgan fingerprint density at radius 1 is 0.575 bits per heavy atom. The number of halogens is 4. The van der Waals surface area contributed by atoms with Crippen LogP contribution < -0.4 is 0 Å². The Morgan fingerprint density at radius 3 is 1.12 bits per heavy atom. The van der Waals surface area contributed by atoms with Crippen LogP contribution in [0.2, 0.25) is 0 Å². The van der Waals surface area contributed by atoms with E-state index in [1.807, 2.05) is 0 Å². The molecule has 0 saturated heterocycles. The molecule has 2 aliphatic heterocycles. The van der Waals surface area contributed by atoms with Gasteiger partial charge in [0, 0.05) is 30.8 Å². The van der Waals surface area contributed by atoms with Crippen LogP contribution in [0.3, 0.4) is 0 Å². The van der Waals surface area contributed by atoms with E-state index in [1.165, 1.54) is 38.0 Å². The average molecular weight is 680 g/mol. The third kappa shape index (κ3) is 10.5. The molecule has 0 unspecified atom stereocenters. The summed E-state index contributed by atoms with van der Waals surface area (Å²) in [6, 6.07) is 18.7. The van der Waals surface area contributed by atoms with Crippen LogP contribution in [0.4, 0.5) is 17.3 Å². The van der Waals surface area contributed by atoms with Crippen molar-refractivity contribution in [3.05, 3.63) is 96.5 Å². The first kappa shape index (κ1) is 35.9. The van der Waals surface area contributed by atoms with Gasteiger partial charge in [0.2, 0.25) is 0 Å². The minimum absolute atomic E-state index is 0. The van der Waals surface area contributed by atoms with Gasteiger partial charge in [0.1, 0.15) is 0 Å². The van der Waals surface area contributed by atoms with Gasteiger partial charge in [0.25, 0.3) is 0 Å². The predicted octanol–water partition coefficient (Wildman–Crippen LogP) is 11.7. The van der Waals surface area contributed by atoms with E-state index in [0.29, 0.717) is 10.3 Å². The van der Waals surface area contributed by atoms with Crippen molar-refractivity contribution in [3.63, 3.8) is 0 Å². The molecule has 0 spiro atoms. The second-order valence-corrected chi connectivity index (χ2v) is 18.8. The molecule has 0 amide bonds. The number of hydrogen-bond acceptors (Lipinski definition) is 0. The van der Waals surface area contributed by atoms with E-state index in [9.17, 15) is 17.3 Å². The van der Waals surface area contributed by atoms with Gasteiger partial charge in [-0.2, -0.15) is 0 Å². The Kier molecular flexibility index (Phi) is 13.9. The molecule has 5 rings (SSSR count). The zero-order valence-electron chi connectivity index (χ0n) is 24.6. The van der Waals surface area contributed by atoms with E-state index >= 15 is 0 Å². The second-order valence-electron chi connectivity index (χ2n) is 12.5. The van der Waals surface area contributed by atoms with Gasteiger partial charge >= 0.3 is 7.25 Å². The summed E-state index contributed by atoms with van der Waals surface area (Å²) in [4.78, 5) is 0. The first-order valence-corrected chi connectivity index (χ1v) is 17.2. The molecule has 1 fully saturated rings. The molecule has 3 aliphatic rings. The van der Waals surface area contributed by atoms with Crippen molar-refractivity contribution in [2.24, 2.45) is 0 Å². The smallest absolute Gasteiger partial charge is 0.418 e. The standard InChI is InChI=1S/C24H32P2.C8H12.BF4.Rh/c1-23(2,3)25-15-17-11-7-9-13-19(17)21(25)22-20-14-10-8-12-18(20)16-26(22)24(4,5)6;1-2-4-6-8-7-5-3-1;2-1(3,4)5;/h7-14,21-22H,15-16H2,1-6H3;1-2,7-8H,3-6H2;;/q;;-1;/t21-,22-,25-,26-;;;/m0.../s1. The fourth-order valence-corrected chi connectivity index (χ4v) is 13.1. The van der Waals surface area contributed by atoms with Crippen molar-refractivity contribution < 1.29 is 36.7 Å². The molecule has 40 heavy (non-hydrogen) atoms. The zero-order valence-corrected chi connectivity index (χ0v) is 28.1. The molecule has 2 aromatic carbocycles. The second kappa shape index (κ2) is 15.4. The normalized spacial score (nSPS) is 24.6. The molecule has 223 valence electrons. The summed E-state index contributed by atoms with van der Waals surface area (Å²) in [7, 11) is -6.14. The monoisotopic (exact) mass is 680 g/mol. The van der Waals surface area contributed by atoms with Crippen LogP contribution in [0.1, 0.15) is 101 Å². The summed E-state index contributed by atoms with van der Waals surface area (Å²) < 4.78 is 39.0. The largest absolute Gasteiger partial charge is 0.673 e. The van der Waals surface area contributed by atoms with Gasteiger partial charge in [0.05, 0.1) is 0 Å². The van der Waals surface area contributed by atoms with Crippen LogP contribution in [0, 0.1) is 25.7 Å². The van der Waals surface area contributed by atoms with Crippen molar-refractivity contribution in [1.29, 1.82) is 0 Å². The van der Waals surface area contributed by atoms with Crippen LogP contribution in [0.15, 0.2) is 48.5 Å². The summed E-state index contributed by atoms with van der Waals surface area (Å²) in [6.07, 6.45) is 16.6. The van der Waals surface area contributed by atoms with Crippen molar-refractivity contribution in [2.45, 2.75) is 101 Å². The van der Waals surface area contributed by atoms with E-state index in [0.717, 1.165) is 11.3 Å². The van der Waals surface area contributed by atoms with Gasteiger partial charge in [-0.15, -0.1) is 0 Å². The molecule has 2 aromatic rings. The van der Waals surface area contributed by atoms with E-state index in [2.05, 4.69) is 116 Å². The Balaban J connectivity index is 0.000000333. The van der Waals surface area contributed by atoms with Crippen LogP contribution in [0.25, 0.3) is 0 Å². The number of rotatable bonds is 1. The first-order chi connectivity index (χ1) is 18.2. The third-order valence-electron chi connectivity index (χ3n) is 7.46. The van der Waals surface area contributed by atoms with E-state index in [-0.39, 0.29) is 35.3 Å². The molecule has 0 aromatic heterocycles. The van der Waals surface area contributed by atoms with Crippen LogP contribution >= 0.6 is 15.8 Å². The number of fused-ring (bicyclic) bond motifs is 2. The van der Waals surface area contributed by atoms with Crippen LogP contribution in [-0.4, -0.2) is 17.6 Å². The SMILES string of the molecule is CC(C)(C)[P@@]1Cc2ccccc2[C@H]1[C@@H]1c2ccccc2C[P@]1C(C)(C)C.F[B-](F)(F)F.[CH]1[CH]CC[CH][CH]CC1.[Rh]. The summed E-state index contributed by atoms with van der Waals surface area (Å²) in [5, 5.41) is 0.797. The van der Waals surface area contributed by atoms with E-state index in [4.69, 9.17) is 0 Å². The maximum atomic E-state index is 9.75. The van der Waals surface area contributed by atoms with Crippen molar-refractivity contribution in [1.82, 2.24) is 0 Å². The van der Waals surface area contributed by atoms with Crippen LogP contribution in [0.5, 0.6) is 0 Å². The van der Waals surface area contributed by atoms with Gasteiger partial charge in [-0.05, 0) is 96.3 Å². The fourth-order valence-electron chi connectivity index (χ4n) is 5.68. The minimum Gasteiger partial charge on any atom is -0.418 e. The average Bonchev–Trinajstić information content (AvgIpc) is 3.36. The molecule has 8 heteroatoms. The van der Waals surface area contributed by atoms with Crippen LogP contribution in [-0.2, 0) is 31.8 Å². The molecule has 5 radical (unpaired) electrons. The maximum absolute atomic E-state index is 9.75. The summed E-state index contributed by atoms with van der Waals surface area (Å²) >= 11 is 0. The molecular formula is C32H44BF4P2Rh-. The molecule has 0 N–H and O–H groups in total. The Morgan fingerprint density at radius 2 is 0.850 bits per heavy atom. The third-order valence-corrected chi connectivity index (χ3v) is 15.0. The molecule has 0 bridgehead atoms. The zero-order chi connectivity index (χ0) is 28.8. The fraction of sp³-hybridized carbons (Fsp3) is 0.500. The van der Waals surface area contributed by atoms with Crippen molar-refractivity contribution in [3.8, 4) is 0 Å². The first-order valence-electron chi connectivity index (χ1n) is 14.0. The summed E-state index contributed by atoms with van der Waals surface area (Å²) in [5.41, 5.74) is 8.07. The van der Waals surface area contributed by atoms with Gasteiger partial charge in [0.15, 0.2) is 0 Å². The summed E-state index contributed by atoms with van der Waals surface area (Å²) in [5.74, 6) is 0. The molecule has 1 aliphatic carbocycles. The van der Waals surface area contributed by atoms with Gasteiger partial charge in [-0.3, -0.25) is 0 Å². The molecule has 2 heterocycles. The molecular weight excluding hydrogens is 636 g/mol. The molecule has 0 nitrogen and oxygen atoms in total. The Bertz CT molecular complexity index is 949.